The van der Waals surface area contributed by atoms with E-state index in [1.54, 1.807) is 10.8 Å². The molecule has 39 heavy (non-hydrogen) atoms. The highest BCUT2D eigenvalue weighted by molar-refractivity contribution is 5.87. The lowest BCUT2D eigenvalue weighted by Gasteiger charge is -2.34. The van der Waals surface area contributed by atoms with Crippen molar-refractivity contribution in [2.45, 2.75) is 70.6 Å². The summed E-state index contributed by atoms with van der Waals surface area (Å²) in [7, 11) is 2.21. The maximum Gasteiger partial charge on any atom is 0.349 e. The van der Waals surface area contributed by atoms with E-state index in [0.29, 0.717) is 23.7 Å². The Labute approximate surface area is 230 Å². The number of likely N-dealkylation sites (tertiary alicyclic amines) is 1. The fourth-order valence-electron chi connectivity index (χ4n) is 5.63. The van der Waals surface area contributed by atoms with Crippen LogP contribution in [-0.4, -0.2) is 61.4 Å². The van der Waals surface area contributed by atoms with Crippen molar-refractivity contribution in [3.8, 4) is 0 Å². The van der Waals surface area contributed by atoms with Gasteiger partial charge in [-0.05, 0) is 63.8 Å². The van der Waals surface area contributed by atoms with Crippen molar-refractivity contribution < 1.29 is 4.79 Å². The third-order valence-electron chi connectivity index (χ3n) is 8.20. The summed E-state index contributed by atoms with van der Waals surface area (Å²) in [4.78, 5) is 41.9. The van der Waals surface area contributed by atoms with Crippen LogP contribution in [0.2, 0.25) is 0 Å². The fourth-order valence-corrected chi connectivity index (χ4v) is 5.63. The van der Waals surface area contributed by atoms with Gasteiger partial charge in [-0.2, -0.15) is 4.98 Å². The number of fused-ring (bicyclic) bond motifs is 1. The Balaban J connectivity index is 1.31. The van der Waals surface area contributed by atoms with E-state index in [0.717, 1.165) is 42.8 Å². The number of likely N-dealkylation sites (N-methyl/N-ethyl adjacent to an activating group) is 1. The van der Waals surface area contributed by atoms with Gasteiger partial charge in [0.05, 0.1) is 11.4 Å². The van der Waals surface area contributed by atoms with Crippen molar-refractivity contribution in [2.75, 3.05) is 25.5 Å². The molecule has 0 spiro atoms. The van der Waals surface area contributed by atoms with Gasteiger partial charge < -0.3 is 10.2 Å². The van der Waals surface area contributed by atoms with Crippen LogP contribution in [0, 0.1) is 5.92 Å². The summed E-state index contributed by atoms with van der Waals surface area (Å²) >= 11 is 0. The SMILES string of the molecule is C=CC(=O)N1CC[C@H](N(C)C(CC2CC2)c2ccc([C@H](C)Nc3ncc4cnc(=O)n(C(C)C)c4n3)cc2)C1. The fraction of sp³-hybridized carbons (Fsp3) is 0.500. The molecule has 1 saturated heterocycles. The zero-order chi connectivity index (χ0) is 27.7. The second kappa shape index (κ2) is 11.3. The number of hydrogen-bond donors (Lipinski definition) is 1. The summed E-state index contributed by atoms with van der Waals surface area (Å²) < 4.78 is 1.59. The molecular formula is C30H39N7O2. The Morgan fingerprint density at radius 3 is 2.49 bits per heavy atom. The minimum absolute atomic E-state index is 0.0227. The molecule has 1 aliphatic carbocycles. The Morgan fingerprint density at radius 2 is 1.82 bits per heavy atom. The first-order chi connectivity index (χ1) is 18.7. The highest BCUT2D eigenvalue weighted by Gasteiger charge is 2.35. The largest absolute Gasteiger partial charge is 0.349 e. The molecule has 5 rings (SSSR count). The van der Waals surface area contributed by atoms with Gasteiger partial charge in [0.1, 0.15) is 0 Å². The molecule has 1 amide bonds. The number of aromatic nitrogens is 4. The smallest absolute Gasteiger partial charge is 0.348 e. The third kappa shape index (κ3) is 5.88. The van der Waals surface area contributed by atoms with Crippen LogP contribution in [-0.2, 0) is 4.79 Å². The number of rotatable bonds is 10. The van der Waals surface area contributed by atoms with Gasteiger partial charge in [-0.15, -0.1) is 0 Å². The molecule has 1 aromatic carbocycles. The van der Waals surface area contributed by atoms with Gasteiger partial charge in [-0.1, -0.05) is 43.7 Å². The summed E-state index contributed by atoms with van der Waals surface area (Å²) in [5, 5.41) is 4.13. The second-order valence-corrected chi connectivity index (χ2v) is 11.3. The van der Waals surface area contributed by atoms with Crippen LogP contribution in [0.4, 0.5) is 5.95 Å². The van der Waals surface area contributed by atoms with Gasteiger partial charge >= 0.3 is 5.69 Å². The molecule has 1 unspecified atom stereocenters. The molecule has 3 atom stereocenters. The predicted molar refractivity (Wildman–Crippen MR) is 153 cm³/mol. The number of amides is 1. The number of carbonyl (C=O) groups is 1. The van der Waals surface area contributed by atoms with Crippen LogP contribution in [0.25, 0.3) is 11.0 Å². The molecule has 9 nitrogen and oxygen atoms in total. The summed E-state index contributed by atoms with van der Waals surface area (Å²) in [6, 6.07) is 9.42. The molecule has 0 radical (unpaired) electrons. The van der Waals surface area contributed by atoms with E-state index in [-0.39, 0.29) is 23.7 Å². The molecule has 3 heterocycles. The average molecular weight is 530 g/mol. The average Bonchev–Trinajstić information content (AvgIpc) is 3.62. The first-order valence-electron chi connectivity index (χ1n) is 14.0. The minimum atomic E-state index is -0.311. The van der Waals surface area contributed by atoms with Crippen molar-refractivity contribution >= 4 is 22.9 Å². The Hall–Kier alpha value is -3.59. The highest BCUT2D eigenvalue weighted by atomic mass is 16.2. The van der Waals surface area contributed by atoms with Crippen LogP contribution in [0.15, 0.2) is 54.1 Å². The van der Waals surface area contributed by atoms with Crippen LogP contribution >= 0.6 is 0 Å². The van der Waals surface area contributed by atoms with Crippen LogP contribution in [0.1, 0.15) is 75.7 Å². The lowest BCUT2D eigenvalue weighted by molar-refractivity contribution is -0.125. The van der Waals surface area contributed by atoms with Crippen molar-refractivity contribution in [2.24, 2.45) is 5.92 Å². The van der Waals surface area contributed by atoms with Gasteiger partial charge in [0.15, 0.2) is 5.65 Å². The normalized spacial score (nSPS) is 19.0. The lowest BCUT2D eigenvalue weighted by Crippen LogP contribution is -2.38. The summed E-state index contributed by atoms with van der Waals surface area (Å²) in [6.45, 7) is 11.2. The van der Waals surface area contributed by atoms with Crippen LogP contribution in [0.5, 0.6) is 0 Å². The minimum Gasteiger partial charge on any atom is -0.348 e. The number of nitrogens with zero attached hydrogens (tertiary/aromatic N) is 6. The van der Waals surface area contributed by atoms with E-state index in [1.807, 2.05) is 18.7 Å². The van der Waals surface area contributed by atoms with Crippen molar-refractivity contribution in [3.05, 3.63) is 70.9 Å². The Morgan fingerprint density at radius 1 is 1.13 bits per heavy atom. The number of anilines is 1. The van der Waals surface area contributed by atoms with Gasteiger partial charge in [0.25, 0.3) is 0 Å². The van der Waals surface area contributed by atoms with Crippen LogP contribution < -0.4 is 11.0 Å². The Bertz CT molecular complexity index is 1400. The van der Waals surface area contributed by atoms with Gasteiger partial charge in [0, 0.05) is 43.6 Å². The number of nitrogens with one attached hydrogen (secondary N) is 1. The van der Waals surface area contributed by atoms with Gasteiger partial charge in [-0.3, -0.25) is 14.3 Å². The van der Waals surface area contributed by atoms with E-state index in [9.17, 15) is 9.59 Å². The predicted octanol–water partition coefficient (Wildman–Crippen LogP) is 4.50. The first kappa shape index (κ1) is 27.0. The van der Waals surface area contributed by atoms with E-state index in [4.69, 9.17) is 0 Å². The molecule has 2 fully saturated rings. The van der Waals surface area contributed by atoms with E-state index < -0.39 is 0 Å². The van der Waals surface area contributed by atoms with Gasteiger partial charge in [0.2, 0.25) is 11.9 Å². The maximum atomic E-state index is 12.3. The molecule has 3 aromatic rings. The summed E-state index contributed by atoms with van der Waals surface area (Å²) in [5.74, 6) is 1.29. The van der Waals surface area contributed by atoms with E-state index >= 15 is 0 Å². The topological polar surface area (TPSA) is 96.3 Å². The summed E-state index contributed by atoms with van der Waals surface area (Å²) in [6.07, 6.45) is 9.40. The maximum absolute atomic E-state index is 12.3. The molecule has 2 aliphatic rings. The molecule has 2 aromatic heterocycles. The quantitative estimate of drug-likeness (QED) is 0.386. The zero-order valence-electron chi connectivity index (χ0n) is 23.4. The lowest BCUT2D eigenvalue weighted by atomic mass is 9.96. The number of hydrogen-bond acceptors (Lipinski definition) is 7. The second-order valence-electron chi connectivity index (χ2n) is 11.3. The molecule has 1 saturated carbocycles. The standard InChI is InChI=1S/C30H39N7O2/c1-6-27(38)36-14-13-25(18-36)35(5)26(15-21-7-8-21)23-11-9-22(10-12-23)20(4)33-29-31-16-24-17-32-30(39)37(19(2)3)28(24)34-29/h6,9-12,16-17,19-21,25-26H,1,7-8,13-15,18H2,2-5H3,(H,31,33,34)/t20-,25-,26?/m0/s1. The van der Waals surface area contributed by atoms with Crippen LogP contribution in [0.3, 0.4) is 0 Å². The molecular weight excluding hydrogens is 490 g/mol. The molecule has 1 N–H and O–H groups in total. The zero-order valence-corrected chi connectivity index (χ0v) is 23.4. The number of benzene rings is 1. The molecule has 1 aliphatic heterocycles. The first-order valence-corrected chi connectivity index (χ1v) is 14.0. The number of carbonyl (C=O) groups excluding carboxylic acids is 1. The van der Waals surface area contributed by atoms with E-state index in [1.165, 1.54) is 30.7 Å². The highest BCUT2D eigenvalue weighted by Crippen LogP contribution is 2.41. The summed E-state index contributed by atoms with van der Waals surface area (Å²) in [5.41, 5.74) is 2.71. The van der Waals surface area contributed by atoms with Gasteiger partial charge in [-0.25, -0.2) is 14.8 Å². The molecule has 9 heteroatoms. The monoisotopic (exact) mass is 529 g/mol. The molecule has 206 valence electrons. The van der Waals surface area contributed by atoms with Crippen molar-refractivity contribution in [1.82, 2.24) is 29.3 Å². The third-order valence-corrected chi connectivity index (χ3v) is 8.20. The van der Waals surface area contributed by atoms with E-state index in [2.05, 4.69) is 70.0 Å². The van der Waals surface area contributed by atoms with Crippen molar-refractivity contribution in [1.29, 1.82) is 0 Å². The Kier molecular flexibility index (Phi) is 7.79. The van der Waals surface area contributed by atoms with Crippen molar-refractivity contribution in [3.63, 3.8) is 0 Å². The molecule has 0 bridgehead atoms.